The number of hydrogen-bond acceptors (Lipinski definition) is 5. The Labute approximate surface area is 150 Å². The molecule has 0 saturated heterocycles. The topological polar surface area (TPSA) is 83.5 Å². The fourth-order valence-corrected chi connectivity index (χ4v) is 4.35. The highest BCUT2D eigenvalue weighted by atomic mass is 32.2. The minimum Gasteiger partial charge on any atom is -0.232 e. The molecule has 25 heavy (non-hydrogen) atoms. The predicted molar refractivity (Wildman–Crippen MR) is 99.2 cm³/mol. The lowest BCUT2D eigenvalue weighted by molar-refractivity contribution is 0.324. The minimum atomic E-state index is -3.35. The van der Waals surface area contributed by atoms with Crippen molar-refractivity contribution in [2.24, 2.45) is 16.8 Å². The van der Waals surface area contributed by atoms with E-state index in [4.69, 9.17) is 0 Å². The molecular weight excluding hydrogens is 363 g/mol. The van der Waals surface area contributed by atoms with Gasteiger partial charge in [-0.25, -0.2) is 23.8 Å². The van der Waals surface area contributed by atoms with Crippen molar-refractivity contribution in [1.29, 1.82) is 0 Å². The Morgan fingerprint density at radius 1 is 1.36 bits per heavy atom. The molecule has 2 aromatic rings. The van der Waals surface area contributed by atoms with Crippen LogP contribution in [-0.2, 0) is 10.2 Å². The van der Waals surface area contributed by atoms with E-state index in [9.17, 15) is 12.8 Å². The van der Waals surface area contributed by atoms with E-state index in [0.29, 0.717) is 29.0 Å². The van der Waals surface area contributed by atoms with Crippen LogP contribution in [0.1, 0.15) is 25.7 Å². The molecule has 1 fully saturated rings. The first kappa shape index (κ1) is 18.4. The van der Waals surface area contributed by atoms with E-state index in [1.165, 1.54) is 30.5 Å². The lowest BCUT2D eigenvalue weighted by Gasteiger charge is -2.26. The Morgan fingerprint density at radius 3 is 2.84 bits per heavy atom. The zero-order valence-corrected chi connectivity index (χ0v) is 15.5. The molecule has 1 heterocycles. The molecule has 2 N–H and O–H groups in total. The van der Waals surface area contributed by atoms with Gasteiger partial charge in [-0.3, -0.25) is 0 Å². The summed E-state index contributed by atoms with van der Waals surface area (Å²) in [5.41, 5.74) is 0.637. The number of halogens is 1. The van der Waals surface area contributed by atoms with Gasteiger partial charge < -0.3 is 0 Å². The molecule has 0 amide bonds. The summed E-state index contributed by atoms with van der Waals surface area (Å²) < 4.78 is 41.7. The van der Waals surface area contributed by atoms with Gasteiger partial charge in [-0.15, -0.1) is 0 Å². The second kappa shape index (κ2) is 7.86. The standard InChI is InChI=1S/C16H21FN4O2S2/c1-18-25(22,23)20-10-12-4-2-11(3-5-12)9-19-16-21-14-8-13(17)6-7-15(14)24-16/h6-9,11-12,18,20H,2-5,10H2,1H3/b19-9-. The molecule has 0 bridgehead atoms. The second-order valence-corrected chi connectivity index (χ2v) is 8.94. The van der Waals surface area contributed by atoms with Crippen LogP contribution in [-0.4, -0.2) is 33.2 Å². The van der Waals surface area contributed by atoms with Crippen LogP contribution in [0.4, 0.5) is 9.52 Å². The fourth-order valence-electron chi connectivity index (χ4n) is 2.95. The number of thiazole rings is 1. The van der Waals surface area contributed by atoms with Crippen LogP contribution in [0.3, 0.4) is 0 Å². The lowest BCUT2D eigenvalue weighted by atomic mass is 9.83. The Morgan fingerprint density at radius 2 is 2.12 bits per heavy atom. The number of hydrogen-bond donors (Lipinski definition) is 2. The van der Waals surface area contributed by atoms with Gasteiger partial charge >= 0.3 is 0 Å². The number of rotatable bonds is 6. The molecule has 3 rings (SSSR count). The molecule has 0 spiro atoms. The summed E-state index contributed by atoms with van der Waals surface area (Å²) in [6.07, 6.45) is 5.83. The summed E-state index contributed by atoms with van der Waals surface area (Å²) in [6.45, 7) is 0.469. The molecule has 6 nitrogen and oxygen atoms in total. The molecule has 1 saturated carbocycles. The van der Waals surface area contributed by atoms with Crippen LogP contribution in [0.15, 0.2) is 23.2 Å². The van der Waals surface area contributed by atoms with Crippen molar-refractivity contribution in [3.8, 4) is 0 Å². The number of fused-ring (bicyclic) bond motifs is 1. The summed E-state index contributed by atoms with van der Waals surface area (Å²) in [5.74, 6) is 0.444. The number of nitrogens with zero attached hydrogens (tertiary/aromatic N) is 2. The quantitative estimate of drug-likeness (QED) is 0.751. The van der Waals surface area contributed by atoms with Crippen LogP contribution in [0.2, 0.25) is 0 Å². The summed E-state index contributed by atoms with van der Waals surface area (Å²) in [4.78, 5) is 8.79. The molecule has 9 heteroatoms. The molecule has 0 atom stereocenters. The van der Waals surface area contributed by atoms with E-state index in [-0.39, 0.29) is 5.82 Å². The fraction of sp³-hybridized carbons (Fsp3) is 0.500. The summed E-state index contributed by atoms with van der Waals surface area (Å²) >= 11 is 1.45. The van der Waals surface area contributed by atoms with E-state index >= 15 is 0 Å². The highest BCUT2D eigenvalue weighted by Crippen LogP contribution is 2.30. The van der Waals surface area contributed by atoms with Crippen LogP contribution >= 0.6 is 11.3 Å². The Bertz CT molecular complexity index is 858. The number of benzene rings is 1. The minimum absolute atomic E-state index is 0.291. The van der Waals surface area contributed by atoms with Gasteiger partial charge in [0.2, 0.25) is 5.13 Å². The van der Waals surface area contributed by atoms with Gasteiger partial charge in [-0.2, -0.15) is 8.42 Å². The number of aliphatic imine (C=N–C) groups is 1. The molecule has 0 unspecified atom stereocenters. The monoisotopic (exact) mass is 384 g/mol. The van der Waals surface area contributed by atoms with Crippen LogP contribution < -0.4 is 9.44 Å². The Hall–Kier alpha value is -1.42. The van der Waals surface area contributed by atoms with Crippen molar-refractivity contribution in [2.75, 3.05) is 13.6 Å². The molecule has 1 aliphatic carbocycles. The van der Waals surface area contributed by atoms with Gasteiger partial charge in [0.25, 0.3) is 10.2 Å². The number of aromatic nitrogens is 1. The SMILES string of the molecule is CNS(=O)(=O)NCC1CCC(/C=N\c2nc3cc(F)ccc3s2)CC1. The van der Waals surface area contributed by atoms with Gasteiger partial charge in [0.1, 0.15) is 5.82 Å². The highest BCUT2D eigenvalue weighted by Gasteiger charge is 2.21. The van der Waals surface area contributed by atoms with Gasteiger partial charge in [-0.05, 0) is 49.7 Å². The van der Waals surface area contributed by atoms with E-state index < -0.39 is 10.2 Å². The third kappa shape index (κ3) is 5.04. The second-order valence-electron chi connectivity index (χ2n) is 6.22. The highest BCUT2D eigenvalue weighted by molar-refractivity contribution is 7.87. The maximum absolute atomic E-state index is 13.2. The average Bonchev–Trinajstić information content (AvgIpc) is 3.01. The van der Waals surface area contributed by atoms with E-state index in [1.807, 2.05) is 6.21 Å². The molecule has 1 aromatic carbocycles. The summed E-state index contributed by atoms with van der Waals surface area (Å²) in [7, 11) is -1.96. The van der Waals surface area contributed by atoms with Gasteiger partial charge in [0.15, 0.2) is 0 Å². The van der Waals surface area contributed by atoms with Gasteiger partial charge in [0, 0.05) is 25.9 Å². The zero-order chi connectivity index (χ0) is 17.9. The molecule has 0 aliphatic heterocycles. The number of nitrogens with one attached hydrogen (secondary N) is 2. The average molecular weight is 385 g/mol. The first-order chi connectivity index (χ1) is 11.9. The van der Waals surface area contributed by atoms with E-state index in [2.05, 4.69) is 19.4 Å². The van der Waals surface area contributed by atoms with E-state index in [0.717, 1.165) is 30.4 Å². The van der Waals surface area contributed by atoms with Crippen molar-refractivity contribution in [3.63, 3.8) is 0 Å². The molecule has 1 aromatic heterocycles. The normalized spacial score (nSPS) is 22.0. The Balaban J connectivity index is 1.52. The third-order valence-electron chi connectivity index (χ3n) is 4.46. The lowest BCUT2D eigenvalue weighted by Crippen LogP contribution is -2.37. The predicted octanol–water partition coefficient (Wildman–Crippen LogP) is 3.00. The summed E-state index contributed by atoms with van der Waals surface area (Å²) in [6, 6.07) is 4.57. The van der Waals surface area contributed by atoms with Crippen LogP contribution in [0.25, 0.3) is 10.2 Å². The van der Waals surface area contributed by atoms with Crippen molar-refractivity contribution in [2.45, 2.75) is 25.7 Å². The largest absolute Gasteiger partial charge is 0.276 e. The van der Waals surface area contributed by atoms with Crippen molar-refractivity contribution in [1.82, 2.24) is 14.4 Å². The first-order valence-corrected chi connectivity index (χ1v) is 10.5. The zero-order valence-electron chi connectivity index (χ0n) is 13.9. The molecular formula is C16H21FN4O2S2. The summed E-state index contributed by atoms with van der Waals surface area (Å²) in [5, 5.41) is 0.643. The van der Waals surface area contributed by atoms with Crippen molar-refractivity contribution < 1.29 is 12.8 Å². The van der Waals surface area contributed by atoms with Crippen molar-refractivity contribution in [3.05, 3.63) is 24.0 Å². The molecule has 0 radical (unpaired) electrons. The first-order valence-electron chi connectivity index (χ1n) is 8.23. The van der Waals surface area contributed by atoms with Crippen LogP contribution in [0.5, 0.6) is 0 Å². The van der Waals surface area contributed by atoms with E-state index in [1.54, 1.807) is 6.07 Å². The van der Waals surface area contributed by atoms with Crippen molar-refractivity contribution >= 4 is 43.1 Å². The van der Waals surface area contributed by atoms with Gasteiger partial charge in [-0.1, -0.05) is 11.3 Å². The van der Waals surface area contributed by atoms with Gasteiger partial charge in [0.05, 0.1) is 10.2 Å². The smallest absolute Gasteiger partial charge is 0.232 e. The third-order valence-corrected chi connectivity index (χ3v) is 6.48. The molecule has 1 aliphatic rings. The van der Waals surface area contributed by atoms with Crippen LogP contribution in [0, 0.1) is 17.7 Å². The molecule has 136 valence electrons. The maximum Gasteiger partial charge on any atom is 0.276 e. The Kier molecular flexibility index (Phi) is 5.78. The maximum atomic E-state index is 13.2.